The second kappa shape index (κ2) is 5.65. The second-order valence-corrected chi connectivity index (χ2v) is 4.28. The number of pyridine rings is 1. The van der Waals surface area contributed by atoms with Gasteiger partial charge in [-0.05, 0) is 32.0 Å². The van der Waals surface area contributed by atoms with Gasteiger partial charge < -0.3 is 10.6 Å². The van der Waals surface area contributed by atoms with Gasteiger partial charge in [0.05, 0.1) is 0 Å². The molecule has 2 aromatic rings. The first kappa shape index (κ1) is 12.6. The molecule has 1 aromatic heterocycles. The van der Waals surface area contributed by atoms with E-state index in [2.05, 4.69) is 28.9 Å². The van der Waals surface area contributed by atoms with Crippen molar-refractivity contribution in [3.63, 3.8) is 0 Å². The molecule has 0 aliphatic heterocycles. The maximum absolute atomic E-state index is 6.02. The predicted molar refractivity (Wildman–Crippen MR) is 76.0 cm³/mol. The number of rotatable bonds is 4. The molecule has 0 saturated carbocycles. The molecule has 0 amide bonds. The van der Waals surface area contributed by atoms with Gasteiger partial charge in [-0.25, -0.2) is 4.98 Å². The highest BCUT2D eigenvalue weighted by Crippen LogP contribution is 2.28. The van der Waals surface area contributed by atoms with E-state index in [1.807, 2.05) is 43.5 Å². The first-order valence-electron chi connectivity index (χ1n) is 6.27. The lowest BCUT2D eigenvalue weighted by molar-refractivity contribution is 0.802. The molecule has 1 heterocycles. The summed E-state index contributed by atoms with van der Waals surface area (Å²) in [4.78, 5) is 6.67. The van der Waals surface area contributed by atoms with Crippen LogP contribution in [0.3, 0.4) is 0 Å². The quantitative estimate of drug-likeness (QED) is 0.893. The van der Waals surface area contributed by atoms with Gasteiger partial charge in [0.25, 0.3) is 0 Å². The van der Waals surface area contributed by atoms with Crippen molar-refractivity contribution in [1.29, 1.82) is 0 Å². The molecule has 18 heavy (non-hydrogen) atoms. The summed E-state index contributed by atoms with van der Waals surface area (Å²) in [6.45, 7) is 4.97. The number of nitrogens with two attached hydrogens (primary N) is 1. The van der Waals surface area contributed by atoms with E-state index in [-0.39, 0.29) is 6.04 Å². The third kappa shape index (κ3) is 2.51. The van der Waals surface area contributed by atoms with Crippen molar-refractivity contribution in [2.45, 2.75) is 19.9 Å². The van der Waals surface area contributed by atoms with E-state index in [4.69, 9.17) is 5.73 Å². The van der Waals surface area contributed by atoms with Crippen LogP contribution in [0.2, 0.25) is 0 Å². The summed E-state index contributed by atoms with van der Waals surface area (Å²) >= 11 is 0. The van der Waals surface area contributed by atoms with Gasteiger partial charge in [-0.3, -0.25) is 0 Å². The SMILES string of the molecule is CCN(c1ccccc1)c1ncccc1[C@@H](C)N. The van der Waals surface area contributed by atoms with E-state index < -0.39 is 0 Å². The Morgan fingerprint density at radius 2 is 1.89 bits per heavy atom. The molecule has 3 nitrogen and oxygen atoms in total. The molecule has 2 N–H and O–H groups in total. The lowest BCUT2D eigenvalue weighted by Crippen LogP contribution is -2.21. The normalized spacial score (nSPS) is 12.2. The molecule has 0 saturated heterocycles. The number of hydrogen-bond acceptors (Lipinski definition) is 3. The number of anilines is 2. The zero-order valence-electron chi connectivity index (χ0n) is 10.9. The summed E-state index contributed by atoms with van der Waals surface area (Å²) in [7, 11) is 0. The van der Waals surface area contributed by atoms with Gasteiger partial charge in [0.1, 0.15) is 5.82 Å². The van der Waals surface area contributed by atoms with Gasteiger partial charge in [-0.15, -0.1) is 0 Å². The molecule has 94 valence electrons. The lowest BCUT2D eigenvalue weighted by Gasteiger charge is -2.25. The number of nitrogens with zero attached hydrogens (tertiary/aromatic N) is 2. The van der Waals surface area contributed by atoms with Gasteiger partial charge >= 0.3 is 0 Å². The summed E-state index contributed by atoms with van der Waals surface area (Å²) in [6.07, 6.45) is 1.81. The Hall–Kier alpha value is -1.87. The Balaban J connectivity index is 2.46. The van der Waals surface area contributed by atoms with Crippen LogP contribution in [0.1, 0.15) is 25.5 Å². The van der Waals surface area contributed by atoms with Crippen LogP contribution in [0.15, 0.2) is 48.7 Å². The summed E-state index contributed by atoms with van der Waals surface area (Å²) in [5.74, 6) is 0.946. The van der Waals surface area contributed by atoms with Crippen LogP contribution in [-0.4, -0.2) is 11.5 Å². The Morgan fingerprint density at radius 3 is 2.50 bits per heavy atom. The zero-order chi connectivity index (χ0) is 13.0. The van der Waals surface area contributed by atoms with Crippen molar-refractivity contribution in [2.75, 3.05) is 11.4 Å². The molecule has 0 spiro atoms. The molecule has 0 bridgehead atoms. The van der Waals surface area contributed by atoms with E-state index in [9.17, 15) is 0 Å². The molecule has 0 unspecified atom stereocenters. The maximum atomic E-state index is 6.02. The van der Waals surface area contributed by atoms with Crippen molar-refractivity contribution in [1.82, 2.24) is 4.98 Å². The molecule has 0 aliphatic carbocycles. The highest BCUT2D eigenvalue weighted by Gasteiger charge is 2.14. The monoisotopic (exact) mass is 241 g/mol. The van der Waals surface area contributed by atoms with E-state index in [1.165, 1.54) is 0 Å². The van der Waals surface area contributed by atoms with E-state index >= 15 is 0 Å². The van der Waals surface area contributed by atoms with Crippen molar-refractivity contribution in [3.8, 4) is 0 Å². The smallest absolute Gasteiger partial charge is 0.137 e. The summed E-state index contributed by atoms with van der Waals surface area (Å²) in [6, 6.07) is 14.2. The average Bonchev–Trinajstić information content (AvgIpc) is 2.41. The van der Waals surface area contributed by atoms with E-state index in [0.29, 0.717) is 0 Å². The first-order chi connectivity index (χ1) is 8.74. The van der Waals surface area contributed by atoms with Crippen molar-refractivity contribution in [3.05, 3.63) is 54.2 Å². The highest BCUT2D eigenvalue weighted by molar-refractivity contribution is 5.63. The van der Waals surface area contributed by atoms with Crippen LogP contribution in [0.25, 0.3) is 0 Å². The van der Waals surface area contributed by atoms with Crippen LogP contribution in [0, 0.1) is 0 Å². The largest absolute Gasteiger partial charge is 0.326 e. The Labute approximate surface area is 108 Å². The first-order valence-corrected chi connectivity index (χ1v) is 6.27. The van der Waals surface area contributed by atoms with E-state index in [1.54, 1.807) is 0 Å². The summed E-state index contributed by atoms with van der Waals surface area (Å²) in [5.41, 5.74) is 8.23. The number of benzene rings is 1. The fraction of sp³-hybridized carbons (Fsp3) is 0.267. The molecular formula is C15H19N3. The molecule has 1 atom stereocenters. The minimum Gasteiger partial charge on any atom is -0.326 e. The van der Waals surface area contributed by atoms with Crippen LogP contribution in [0.5, 0.6) is 0 Å². The maximum Gasteiger partial charge on any atom is 0.137 e. The van der Waals surface area contributed by atoms with Crippen LogP contribution in [-0.2, 0) is 0 Å². The predicted octanol–water partition coefficient (Wildman–Crippen LogP) is 3.26. The molecule has 0 fully saturated rings. The molecule has 2 rings (SSSR count). The second-order valence-electron chi connectivity index (χ2n) is 4.28. The van der Waals surface area contributed by atoms with Crippen molar-refractivity contribution < 1.29 is 0 Å². The van der Waals surface area contributed by atoms with Crippen LogP contribution >= 0.6 is 0 Å². The molecule has 0 aliphatic rings. The van der Waals surface area contributed by atoms with Gasteiger partial charge in [-0.2, -0.15) is 0 Å². The van der Waals surface area contributed by atoms with Crippen molar-refractivity contribution >= 4 is 11.5 Å². The summed E-state index contributed by atoms with van der Waals surface area (Å²) in [5, 5.41) is 0. The molecule has 3 heteroatoms. The third-order valence-electron chi connectivity index (χ3n) is 2.95. The number of aromatic nitrogens is 1. The average molecular weight is 241 g/mol. The zero-order valence-corrected chi connectivity index (χ0v) is 10.9. The van der Waals surface area contributed by atoms with Gasteiger partial charge in [0.15, 0.2) is 0 Å². The Kier molecular flexibility index (Phi) is 3.95. The van der Waals surface area contributed by atoms with Gasteiger partial charge in [0.2, 0.25) is 0 Å². The van der Waals surface area contributed by atoms with Crippen molar-refractivity contribution in [2.24, 2.45) is 5.73 Å². The standard InChI is InChI=1S/C15H19N3/c1-3-18(13-8-5-4-6-9-13)15-14(12(2)16)10-7-11-17-15/h4-12H,3,16H2,1-2H3/t12-/m1/s1. The number of hydrogen-bond donors (Lipinski definition) is 1. The van der Waals surface area contributed by atoms with E-state index in [0.717, 1.165) is 23.6 Å². The molecule has 0 radical (unpaired) electrons. The minimum absolute atomic E-state index is 0.0218. The Morgan fingerprint density at radius 1 is 1.17 bits per heavy atom. The highest BCUT2D eigenvalue weighted by atomic mass is 15.2. The molecule has 1 aromatic carbocycles. The lowest BCUT2D eigenvalue weighted by atomic mass is 10.1. The van der Waals surface area contributed by atoms with Gasteiger partial charge in [-0.1, -0.05) is 24.3 Å². The van der Waals surface area contributed by atoms with Gasteiger partial charge in [0, 0.05) is 30.0 Å². The fourth-order valence-electron chi connectivity index (χ4n) is 2.05. The van der Waals surface area contributed by atoms with Crippen LogP contribution < -0.4 is 10.6 Å². The van der Waals surface area contributed by atoms with Crippen LogP contribution in [0.4, 0.5) is 11.5 Å². The molecular weight excluding hydrogens is 222 g/mol. The fourth-order valence-corrected chi connectivity index (χ4v) is 2.05. The third-order valence-corrected chi connectivity index (χ3v) is 2.95. The minimum atomic E-state index is -0.0218. The Bertz CT molecular complexity index is 494. The number of para-hydroxylation sites is 1. The topological polar surface area (TPSA) is 42.2 Å². The summed E-state index contributed by atoms with van der Waals surface area (Å²) < 4.78 is 0.